The molecule has 0 bridgehead atoms. The number of carbonyl (C=O) groups excluding carboxylic acids is 1. The van der Waals surface area contributed by atoms with E-state index in [9.17, 15) is 9.59 Å². The van der Waals surface area contributed by atoms with Crippen molar-refractivity contribution in [1.82, 2.24) is 5.32 Å². The number of aliphatic hydroxyl groups is 1. The molecule has 1 unspecified atom stereocenters. The molecule has 0 saturated heterocycles. The second kappa shape index (κ2) is 6.56. The van der Waals surface area contributed by atoms with Crippen LogP contribution in [0.4, 0.5) is 0 Å². The topological polar surface area (TPSA) is 113 Å². The van der Waals surface area contributed by atoms with E-state index in [-0.39, 0.29) is 11.8 Å². The Morgan fingerprint density at radius 1 is 1.29 bits per heavy atom. The number of aliphatic carboxylic acids is 1. The molecule has 6 nitrogen and oxygen atoms in total. The summed E-state index contributed by atoms with van der Waals surface area (Å²) in [6.45, 7) is 0.0575. The van der Waals surface area contributed by atoms with E-state index in [1.54, 1.807) is 0 Å². The van der Waals surface area contributed by atoms with Crippen LogP contribution in [0.3, 0.4) is 0 Å². The Morgan fingerprint density at radius 2 is 1.88 bits per heavy atom. The van der Waals surface area contributed by atoms with Crippen LogP contribution < -0.4 is 11.1 Å². The third-order valence-electron chi connectivity index (χ3n) is 3.35. The van der Waals surface area contributed by atoms with Crippen LogP contribution in [0.25, 0.3) is 0 Å². The van der Waals surface area contributed by atoms with Crippen molar-refractivity contribution >= 4 is 11.9 Å². The van der Waals surface area contributed by atoms with Gasteiger partial charge in [-0.2, -0.15) is 0 Å². The molecule has 6 heteroatoms. The first kappa shape index (κ1) is 13.9. The summed E-state index contributed by atoms with van der Waals surface area (Å²) >= 11 is 0. The minimum Gasteiger partial charge on any atom is -0.480 e. The van der Waals surface area contributed by atoms with Crippen LogP contribution in [-0.4, -0.2) is 41.3 Å². The number of aliphatic hydroxyl groups excluding tert-OH is 1. The molecular weight excluding hydrogens is 224 g/mol. The van der Waals surface area contributed by atoms with Gasteiger partial charge in [0.1, 0.15) is 6.04 Å². The molecular formula is C11H20N2O4. The summed E-state index contributed by atoms with van der Waals surface area (Å²) in [6.07, 6.45) is 3.30. The molecule has 5 N–H and O–H groups in total. The number of nitrogens with one attached hydrogen (secondary N) is 1. The first-order valence-corrected chi connectivity index (χ1v) is 5.92. The van der Waals surface area contributed by atoms with Crippen LogP contribution in [0, 0.1) is 11.8 Å². The molecule has 0 aromatic rings. The normalized spacial score (nSPS) is 26.2. The smallest absolute Gasteiger partial charge is 0.328 e. The number of carboxylic acids is 1. The molecule has 0 spiro atoms. The third kappa shape index (κ3) is 3.98. The standard InChI is InChI=1S/C11H20N2O4/c12-5-7-1-3-8(4-2-7)10(15)13-9(6-14)11(16)17/h7-9,14H,1-6,12H2,(H,13,15)(H,16,17). The summed E-state index contributed by atoms with van der Waals surface area (Å²) < 4.78 is 0. The predicted octanol–water partition coefficient (Wildman–Crippen LogP) is -0.687. The average molecular weight is 244 g/mol. The maximum absolute atomic E-state index is 11.8. The van der Waals surface area contributed by atoms with Gasteiger partial charge in [0.15, 0.2) is 0 Å². The lowest BCUT2D eigenvalue weighted by molar-refractivity contribution is -0.143. The molecule has 1 aliphatic carbocycles. The zero-order valence-electron chi connectivity index (χ0n) is 9.76. The van der Waals surface area contributed by atoms with Crippen LogP contribution in [-0.2, 0) is 9.59 Å². The fourth-order valence-corrected chi connectivity index (χ4v) is 2.14. The Labute approximate surface area is 100 Å². The van der Waals surface area contributed by atoms with Crippen molar-refractivity contribution in [2.75, 3.05) is 13.2 Å². The Morgan fingerprint density at radius 3 is 2.29 bits per heavy atom. The van der Waals surface area contributed by atoms with Gasteiger partial charge in [-0.1, -0.05) is 0 Å². The van der Waals surface area contributed by atoms with E-state index < -0.39 is 18.6 Å². The van der Waals surface area contributed by atoms with Crippen LogP contribution in [0.1, 0.15) is 25.7 Å². The molecule has 1 atom stereocenters. The number of carbonyl (C=O) groups is 2. The predicted molar refractivity (Wildman–Crippen MR) is 61.2 cm³/mol. The summed E-state index contributed by atoms with van der Waals surface area (Å²) in [7, 11) is 0. The average Bonchev–Trinajstić information content (AvgIpc) is 2.35. The molecule has 98 valence electrons. The summed E-state index contributed by atoms with van der Waals surface area (Å²) in [4.78, 5) is 22.4. The molecule has 1 rings (SSSR count). The maximum Gasteiger partial charge on any atom is 0.328 e. The Kier molecular flexibility index (Phi) is 5.37. The van der Waals surface area contributed by atoms with Crippen LogP contribution in [0.2, 0.25) is 0 Å². The summed E-state index contributed by atoms with van der Waals surface area (Å²) in [6, 6.07) is -1.20. The first-order valence-electron chi connectivity index (χ1n) is 5.92. The van der Waals surface area contributed by atoms with E-state index in [2.05, 4.69) is 5.32 Å². The molecule has 1 amide bonds. The van der Waals surface area contributed by atoms with E-state index in [0.717, 1.165) is 25.7 Å². The molecule has 1 fully saturated rings. The van der Waals surface area contributed by atoms with Crippen molar-refractivity contribution in [3.63, 3.8) is 0 Å². The van der Waals surface area contributed by atoms with Crippen molar-refractivity contribution < 1.29 is 19.8 Å². The molecule has 0 radical (unpaired) electrons. The van der Waals surface area contributed by atoms with E-state index in [0.29, 0.717) is 12.5 Å². The summed E-state index contributed by atoms with van der Waals surface area (Å²) in [5.74, 6) is -1.16. The van der Waals surface area contributed by atoms with Gasteiger partial charge in [-0.05, 0) is 38.1 Å². The second-order valence-electron chi connectivity index (χ2n) is 4.54. The number of rotatable bonds is 5. The maximum atomic E-state index is 11.8. The quantitative estimate of drug-likeness (QED) is 0.511. The summed E-state index contributed by atoms with van der Waals surface area (Å²) in [5, 5.41) is 19.9. The molecule has 0 heterocycles. The van der Waals surface area contributed by atoms with Crippen molar-refractivity contribution in [3.05, 3.63) is 0 Å². The lowest BCUT2D eigenvalue weighted by atomic mass is 9.81. The van der Waals surface area contributed by atoms with Gasteiger partial charge in [0.05, 0.1) is 6.61 Å². The van der Waals surface area contributed by atoms with Gasteiger partial charge < -0.3 is 21.3 Å². The summed E-state index contributed by atoms with van der Waals surface area (Å²) in [5.41, 5.74) is 5.56. The van der Waals surface area contributed by atoms with E-state index in [1.807, 2.05) is 0 Å². The Hall–Kier alpha value is -1.14. The van der Waals surface area contributed by atoms with Crippen LogP contribution >= 0.6 is 0 Å². The van der Waals surface area contributed by atoms with Gasteiger partial charge in [0.2, 0.25) is 5.91 Å². The molecule has 0 aliphatic heterocycles. The number of carboxylic acid groups (broad SMARTS) is 1. The van der Waals surface area contributed by atoms with E-state index in [4.69, 9.17) is 15.9 Å². The highest BCUT2D eigenvalue weighted by atomic mass is 16.4. The molecule has 17 heavy (non-hydrogen) atoms. The van der Waals surface area contributed by atoms with Crippen molar-refractivity contribution in [3.8, 4) is 0 Å². The van der Waals surface area contributed by atoms with E-state index in [1.165, 1.54) is 0 Å². The van der Waals surface area contributed by atoms with Crippen molar-refractivity contribution in [2.24, 2.45) is 17.6 Å². The SMILES string of the molecule is NCC1CCC(C(=O)NC(CO)C(=O)O)CC1. The van der Waals surface area contributed by atoms with Gasteiger partial charge >= 0.3 is 5.97 Å². The number of nitrogens with two attached hydrogens (primary N) is 1. The lowest BCUT2D eigenvalue weighted by Crippen LogP contribution is -2.46. The van der Waals surface area contributed by atoms with Gasteiger partial charge in [0.25, 0.3) is 0 Å². The van der Waals surface area contributed by atoms with Crippen LogP contribution in [0.5, 0.6) is 0 Å². The van der Waals surface area contributed by atoms with Gasteiger partial charge in [-0.15, -0.1) is 0 Å². The second-order valence-corrected chi connectivity index (χ2v) is 4.54. The minimum atomic E-state index is -1.21. The van der Waals surface area contributed by atoms with Crippen molar-refractivity contribution in [1.29, 1.82) is 0 Å². The van der Waals surface area contributed by atoms with Gasteiger partial charge in [-0.25, -0.2) is 4.79 Å². The fourth-order valence-electron chi connectivity index (χ4n) is 2.14. The monoisotopic (exact) mass is 244 g/mol. The largest absolute Gasteiger partial charge is 0.480 e. The molecule has 0 aromatic heterocycles. The third-order valence-corrected chi connectivity index (χ3v) is 3.35. The zero-order valence-corrected chi connectivity index (χ0v) is 9.76. The zero-order chi connectivity index (χ0) is 12.8. The minimum absolute atomic E-state index is 0.147. The fraction of sp³-hybridized carbons (Fsp3) is 0.818. The molecule has 1 aliphatic rings. The lowest BCUT2D eigenvalue weighted by Gasteiger charge is -2.27. The first-order chi connectivity index (χ1) is 8.08. The number of hydrogen-bond acceptors (Lipinski definition) is 4. The highest BCUT2D eigenvalue weighted by molar-refractivity contribution is 5.85. The Balaban J connectivity index is 2.41. The number of amides is 1. The highest BCUT2D eigenvalue weighted by Crippen LogP contribution is 2.28. The van der Waals surface area contributed by atoms with Gasteiger partial charge in [0, 0.05) is 5.92 Å². The van der Waals surface area contributed by atoms with Gasteiger partial charge in [-0.3, -0.25) is 4.79 Å². The van der Waals surface area contributed by atoms with E-state index >= 15 is 0 Å². The Bertz CT molecular complexity index is 275. The molecule has 0 aromatic carbocycles. The molecule has 1 saturated carbocycles. The highest BCUT2D eigenvalue weighted by Gasteiger charge is 2.28. The van der Waals surface area contributed by atoms with Crippen molar-refractivity contribution in [2.45, 2.75) is 31.7 Å². The number of hydrogen-bond donors (Lipinski definition) is 4. The van der Waals surface area contributed by atoms with Crippen LogP contribution in [0.15, 0.2) is 0 Å².